The van der Waals surface area contributed by atoms with Crippen LogP contribution >= 0.6 is 23.2 Å². The number of aliphatic hydroxyl groups is 1. The number of hydrogen-bond donors (Lipinski definition) is 1. The molecule has 0 spiro atoms. The molecule has 0 fully saturated rings. The van der Waals surface area contributed by atoms with Gasteiger partial charge in [0.15, 0.2) is 0 Å². The number of rotatable bonds is 3. The lowest BCUT2D eigenvalue weighted by Gasteiger charge is -2.13. The van der Waals surface area contributed by atoms with Gasteiger partial charge in [0.05, 0.1) is 21.7 Å². The van der Waals surface area contributed by atoms with Crippen LogP contribution in [0, 0.1) is 0 Å². The van der Waals surface area contributed by atoms with Crippen molar-refractivity contribution in [3.8, 4) is 0 Å². The first-order chi connectivity index (χ1) is 10.1. The summed E-state index contributed by atoms with van der Waals surface area (Å²) in [5.41, 5.74) is 2.58. The lowest BCUT2D eigenvalue weighted by Crippen LogP contribution is -2.03. The molecule has 0 bridgehead atoms. The number of aliphatic hydroxyl groups excluding tert-OH is 1. The fourth-order valence-electron chi connectivity index (χ4n) is 2.40. The van der Waals surface area contributed by atoms with Gasteiger partial charge in [-0.15, -0.1) is 0 Å². The number of halogens is 2. The van der Waals surface area contributed by atoms with Crippen molar-refractivity contribution in [2.45, 2.75) is 12.5 Å². The highest BCUT2D eigenvalue weighted by atomic mass is 35.5. The van der Waals surface area contributed by atoms with Gasteiger partial charge in [-0.2, -0.15) is 0 Å². The first kappa shape index (κ1) is 14.3. The van der Waals surface area contributed by atoms with Crippen LogP contribution in [0.25, 0.3) is 10.9 Å². The summed E-state index contributed by atoms with van der Waals surface area (Å²) < 4.78 is 0. The topological polar surface area (TPSA) is 33.1 Å². The van der Waals surface area contributed by atoms with Gasteiger partial charge < -0.3 is 5.11 Å². The first-order valence-corrected chi connectivity index (χ1v) is 7.36. The summed E-state index contributed by atoms with van der Waals surface area (Å²) in [4.78, 5) is 4.37. The normalized spacial score (nSPS) is 12.5. The Labute approximate surface area is 133 Å². The van der Waals surface area contributed by atoms with Gasteiger partial charge in [0, 0.05) is 23.6 Å². The number of fused-ring (bicyclic) bond motifs is 1. The van der Waals surface area contributed by atoms with Crippen molar-refractivity contribution in [1.29, 1.82) is 0 Å². The monoisotopic (exact) mass is 317 g/mol. The van der Waals surface area contributed by atoms with E-state index >= 15 is 0 Å². The average Bonchev–Trinajstić information content (AvgIpc) is 2.50. The van der Waals surface area contributed by atoms with E-state index < -0.39 is 6.10 Å². The maximum absolute atomic E-state index is 10.5. The maximum atomic E-state index is 10.5. The molecule has 0 aliphatic heterocycles. The molecule has 4 heteroatoms. The number of pyridine rings is 1. The fraction of sp³-hybridized carbons (Fsp3) is 0.118. The zero-order chi connectivity index (χ0) is 14.8. The van der Waals surface area contributed by atoms with Gasteiger partial charge in [0.1, 0.15) is 0 Å². The van der Waals surface area contributed by atoms with Crippen molar-refractivity contribution < 1.29 is 5.11 Å². The number of benzene rings is 2. The second kappa shape index (κ2) is 6.02. The second-order valence-corrected chi connectivity index (χ2v) is 5.71. The average molecular weight is 318 g/mol. The highest BCUT2D eigenvalue weighted by Gasteiger charge is 2.13. The summed E-state index contributed by atoms with van der Waals surface area (Å²) in [5, 5.41) is 12.5. The molecule has 1 aromatic heterocycles. The standard InChI is InChI=1S/C17H13Cl2NO/c18-14-7-6-11(9-15(14)19)10-16(21)13-5-1-3-12-4-2-8-20-17(12)13/h1-9,16,21H,10H2. The van der Waals surface area contributed by atoms with E-state index in [-0.39, 0.29) is 0 Å². The zero-order valence-corrected chi connectivity index (χ0v) is 12.6. The molecule has 1 unspecified atom stereocenters. The van der Waals surface area contributed by atoms with Gasteiger partial charge >= 0.3 is 0 Å². The van der Waals surface area contributed by atoms with Crippen LogP contribution in [0.1, 0.15) is 17.2 Å². The Kier molecular flexibility index (Phi) is 4.11. The SMILES string of the molecule is OC(Cc1ccc(Cl)c(Cl)c1)c1cccc2cccnc12. The third-order valence-corrected chi connectivity index (χ3v) is 4.18. The van der Waals surface area contributed by atoms with Crippen molar-refractivity contribution >= 4 is 34.1 Å². The molecule has 106 valence electrons. The molecule has 21 heavy (non-hydrogen) atoms. The van der Waals surface area contributed by atoms with Crippen LogP contribution in [0.3, 0.4) is 0 Å². The van der Waals surface area contributed by atoms with E-state index in [9.17, 15) is 5.11 Å². The third-order valence-electron chi connectivity index (χ3n) is 3.44. The van der Waals surface area contributed by atoms with Crippen molar-refractivity contribution in [3.63, 3.8) is 0 Å². The minimum atomic E-state index is -0.638. The Morgan fingerprint density at radius 1 is 1.00 bits per heavy atom. The molecule has 1 atom stereocenters. The minimum absolute atomic E-state index is 0.465. The molecule has 0 aliphatic rings. The summed E-state index contributed by atoms with van der Waals surface area (Å²) in [6.07, 6.45) is 1.56. The van der Waals surface area contributed by atoms with Crippen LogP contribution in [-0.2, 0) is 6.42 Å². The zero-order valence-electron chi connectivity index (χ0n) is 11.1. The Morgan fingerprint density at radius 2 is 1.81 bits per heavy atom. The molecule has 0 aliphatic carbocycles. The van der Waals surface area contributed by atoms with E-state index in [1.54, 1.807) is 18.3 Å². The fourth-order valence-corrected chi connectivity index (χ4v) is 2.72. The molecular weight excluding hydrogens is 305 g/mol. The van der Waals surface area contributed by atoms with Gasteiger partial charge in [-0.3, -0.25) is 4.98 Å². The van der Waals surface area contributed by atoms with Gasteiger partial charge in [0.2, 0.25) is 0 Å². The first-order valence-electron chi connectivity index (χ1n) is 6.61. The summed E-state index contributed by atoms with van der Waals surface area (Å²) in [6, 6.07) is 15.1. The summed E-state index contributed by atoms with van der Waals surface area (Å²) in [7, 11) is 0. The maximum Gasteiger partial charge on any atom is 0.0851 e. The van der Waals surface area contributed by atoms with Crippen LogP contribution < -0.4 is 0 Å². The molecule has 0 radical (unpaired) electrons. The van der Waals surface area contributed by atoms with Crippen LogP contribution in [-0.4, -0.2) is 10.1 Å². The van der Waals surface area contributed by atoms with E-state index in [4.69, 9.17) is 23.2 Å². The van der Waals surface area contributed by atoms with Crippen molar-refractivity contribution in [1.82, 2.24) is 4.98 Å². The van der Waals surface area contributed by atoms with Gasteiger partial charge in [0.25, 0.3) is 0 Å². The van der Waals surface area contributed by atoms with Crippen molar-refractivity contribution in [2.75, 3.05) is 0 Å². The predicted octanol–water partition coefficient (Wildman–Crippen LogP) is 4.82. The van der Waals surface area contributed by atoms with Crippen LogP contribution in [0.5, 0.6) is 0 Å². The molecule has 1 heterocycles. The summed E-state index contributed by atoms with van der Waals surface area (Å²) in [6.45, 7) is 0. The van der Waals surface area contributed by atoms with Crippen molar-refractivity contribution in [3.05, 3.63) is 75.9 Å². The number of hydrogen-bond acceptors (Lipinski definition) is 2. The molecule has 0 saturated heterocycles. The molecule has 2 aromatic carbocycles. The van der Waals surface area contributed by atoms with E-state index in [0.29, 0.717) is 16.5 Å². The molecule has 3 aromatic rings. The predicted molar refractivity (Wildman–Crippen MR) is 86.9 cm³/mol. The van der Waals surface area contributed by atoms with Gasteiger partial charge in [-0.1, -0.05) is 53.5 Å². The minimum Gasteiger partial charge on any atom is -0.388 e. The summed E-state index contributed by atoms with van der Waals surface area (Å²) in [5.74, 6) is 0. The highest BCUT2D eigenvalue weighted by Crippen LogP contribution is 2.28. The number of nitrogens with zero attached hydrogens (tertiary/aromatic N) is 1. The van der Waals surface area contributed by atoms with Gasteiger partial charge in [-0.05, 0) is 23.8 Å². The Balaban J connectivity index is 1.93. The highest BCUT2D eigenvalue weighted by molar-refractivity contribution is 6.42. The second-order valence-electron chi connectivity index (χ2n) is 4.89. The Hall–Kier alpha value is -1.61. The van der Waals surface area contributed by atoms with Gasteiger partial charge in [-0.25, -0.2) is 0 Å². The lowest BCUT2D eigenvalue weighted by molar-refractivity contribution is 0.180. The van der Waals surface area contributed by atoms with E-state index in [2.05, 4.69) is 4.98 Å². The molecule has 1 N–H and O–H groups in total. The largest absolute Gasteiger partial charge is 0.388 e. The molecular formula is C17H13Cl2NO. The third kappa shape index (κ3) is 3.03. The lowest BCUT2D eigenvalue weighted by atomic mass is 9.99. The Bertz CT molecular complexity index is 783. The van der Waals surface area contributed by atoms with E-state index in [0.717, 1.165) is 22.0 Å². The molecule has 0 saturated carbocycles. The Morgan fingerprint density at radius 3 is 2.62 bits per heavy atom. The van der Waals surface area contributed by atoms with Crippen LogP contribution in [0.4, 0.5) is 0 Å². The quantitative estimate of drug-likeness (QED) is 0.751. The van der Waals surface area contributed by atoms with E-state index in [1.807, 2.05) is 36.4 Å². The molecule has 0 amide bonds. The van der Waals surface area contributed by atoms with Crippen LogP contribution in [0.2, 0.25) is 10.0 Å². The van der Waals surface area contributed by atoms with Crippen molar-refractivity contribution in [2.24, 2.45) is 0 Å². The smallest absolute Gasteiger partial charge is 0.0851 e. The summed E-state index contributed by atoms with van der Waals surface area (Å²) >= 11 is 11.9. The molecule has 3 rings (SSSR count). The van der Waals surface area contributed by atoms with E-state index in [1.165, 1.54) is 0 Å². The van der Waals surface area contributed by atoms with Crippen LogP contribution in [0.15, 0.2) is 54.7 Å². The number of aromatic nitrogens is 1. The molecule has 2 nitrogen and oxygen atoms in total. The number of para-hydroxylation sites is 1.